The fourth-order valence-electron chi connectivity index (χ4n) is 1.89. The summed E-state index contributed by atoms with van der Waals surface area (Å²) in [6.07, 6.45) is 3.42. The highest BCUT2D eigenvalue weighted by Crippen LogP contribution is 2.17. The van der Waals surface area contributed by atoms with Crippen LogP contribution in [0.3, 0.4) is 0 Å². The largest absolute Gasteiger partial charge is 0.317 e. The average molecular weight is 259 g/mol. The van der Waals surface area contributed by atoms with Crippen molar-refractivity contribution in [3.05, 3.63) is 18.2 Å². The number of nitrogens with one attached hydrogen (secondary N) is 1. The first-order valence-electron chi connectivity index (χ1n) is 5.49. The molecule has 1 fully saturated rings. The van der Waals surface area contributed by atoms with E-state index < -0.39 is 15.7 Å². The van der Waals surface area contributed by atoms with E-state index >= 15 is 0 Å². The molecule has 5 nitrogen and oxygen atoms in total. The van der Waals surface area contributed by atoms with Crippen LogP contribution in [0.15, 0.2) is 17.6 Å². The second-order valence-electron chi connectivity index (χ2n) is 4.16. The Bertz CT molecular complexity index is 469. The van der Waals surface area contributed by atoms with Crippen molar-refractivity contribution in [2.24, 2.45) is 5.92 Å². The van der Waals surface area contributed by atoms with E-state index in [1.807, 2.05) is 0 Å². The minimum atomic E-state index is -3.49. The van der Waals surface area contributed by atoms with Gasteiger partial charge in [-0.1, -0.05) is 0 Å². The summed E-state index contributed by atoms with van der Waals surface area (Å²) in [5.41, 5.74) is 0. The Kier molecular flexibility index (Phi) is 3.68. The predicted molar refractivity (Wildman–Crippen MR) is 59.6 cm³/mol. The molecule has 1 N–H and O–H groups in total. The van der Waals surface area contributed by atoms with E-state index in [-0.39, 0.29) is 16.8 Å². The molecule has 0 aromatic carbocycles. The summed E-state index contributed by atoms with van der Waals surface area (Å²) in [5, 5.41) is 2.89. The fraction of sp³-hybridized carbons (Fsp3) is 0.600. The number of hydrogen-bond donors (Lipinski definition) is 1. The number of piperidine rings is 1. The van der Waals surface area contributed by atoms with Gasteiger partial charge in [0.15, 0.2) is 5.82 Å². The van der Waals surface area contributed by atoms with Gasteiger partial charge in [-0.05, 0) is 31.8 Å². The maximum atomic E-state index is 12.6. The molecule has 17 heavy (non-hydrogen) atoms. The Hall–Kier alpha value is -1.08. The van der Waals surface area contributed by atoms with E-state index in [2.05, 4.69) is 15.3 Å². The summed E-state index contributed by atoms with van der Waals surface area (Å²) in [6, 6.07) is 0. The van der Waals surface area contributed by atoms with Gasteiger partial charge in [0, 0.05) is 0 Å². The van der Waals surface area contributed by atoms with Gasteiger partial charge in [-0.2, -0.15) is 0 Å². The highest BCUT2D eigenvalue weighted by atomic mass is 32.2. The Morgan fingerprint density at radius 1 is 1.29 bits per heavy atom. The van der Waals surface area contributed by atoms with Crippen LogP contribution in [0.4, 0.5) is 4.39 Å². The molecule has 7 heteroatoms. The van der Waals surface area contributed by atoms with E-state index in [0.29, 0.717) is 0 Å². The second kappa shape index (κ2) is 5.05. The lowest BCUT2D eigenvalue weighted by molar-refractivity contribution is 0.400. The van der Waals surface area contributed by atoms with Gasteiger partial charge in [-0.15, -0.1) is 0 Å². The number of halogens is 1. The Labute approximate surface area is 99.4 Å². The maximum absolute atomic E-state index is 12.6. The molecule has 0 unspecified atom stereocenters. The summed E-state index contributed by atoms with van der Waals surface area (Å²) in [4.78, 5) is 7.05. The fourth-order valence-corrected chi connectivity index (χ4v) is 3.42. The molecule has 1 aliphatic heterocycles. The zero-order valence-electron chi connectivity index (χ0n) is 9.26. The third-order valence-corrected chi connectivity index (χ3v) is 4.47. The Morgan fingerprint density at radius 3 is 2.47 bits per heavy atom. The molecule has 0 radical (unpaired) electrons. The SMILES string of the molecule is O=S(=O)(CC1CCNCC1)c1ncc(F)cn1. The number of hydrogen-bond acceptors (Lipinski definition) is 5. The van der Waals surface area contributed by atoms with Crippen molar-refractivity contribution in [2.75, 3.05) is 18.8 Å². The summed E-state index contributed by atoms with van der Waals surface area (Å²) >= 11 is 0. The van der Waals surface area contributed by atoms with Crippen LogP contribution in [0.5, 0.6) is 0 Å². The Balaban J connectivity index is 2.10. The molecule has 2 rings (SSSR count). The van der Waals surface area contributed by atoms with Crippen LogP contribution in [-0.2, 0) is 9.84 Å². The van der Waals surface area contributed by atoms with E-state index in [1.165, 1.54) is 0 Å². The van der Waals surface area contributed by atoms with E-state index in [0.717, 1.165) is 38.3 Å². The molecule has 1 aromatic heterocycles. The second-order valence-corrected chi connectivity index (χ2v) is 6.09. The summed E-state index contributed by atoms with van der Waals surface area (Å²) in [7, 11) is -3.49. The normalized spacial score (nSPS) is 18.2. The molecule has 0 saturated carbocycles. The van der Waals surface area contributed by atoms with Gasteiger partial charge in [-0.3, -0.25) is 0 Å². The molecule has 0 spiro atoms. The smallest absolute Gasteiger partial charge is 0.247 e. The van der Waals surface area contributed by atoms with E-state index in [4.69, 9.17) is 0 Å². The topological polar surface area (TPSA) is 72.0 Å². The molecule has 0 aliphatic carbocycles. The predicted octanol–water partition coefficient (Wildman–Crippen LogP) is 0.389. The van der Waals surface area contributed by atoms with Gasteiger partial charge < -0.3 is 5.32 Å². The molecule has 1 aliphatic rings. The molecule has 1 saturated heterocycles. The number of rotatable bonds is 3. The number of nitrogens with zero attached hydrogens (tertiary/aromatic N) is 2. The lowest BCUT2D eigenvalue weighted by Crippen LogP contribution is -2.31. The summed E-state index contributed by atoms with van der Waals surface area (Å²) in [5.74, 6) is -0.457. The van der Waals surface area contributed by atoms with Crippen molar-refractivity contribution in [3.63, 3.8) is 0 Å². The lowest BCUT2D eigenvalue weighted by Gasteiger charge is -2.21. The zero-order chi connectivity index (χ0) is 12.3. The van der Waals surface area contributed by atoms with Crippen molar-refractivity contribution in [1.29, 1.82) is 0 Å². The van der Waals surface area contributed by atoms with Crippen LogP contribution in [0.25, 0.3) is 0 Å². The van der Waals surface area contributed by atoms with Gasteiger partial charge in [0.2, 0.25) is 15.0 Å². The highest BCUT2D eigenvalue weighted by molar-refractivity contribution is 7.91. The summed E-state index contributed by atoms with van der Waals surface area (Å²) in [6.45, 7) is 1.68. The Morgan fingerprint density at radius 2 is 1.88 bits per heavy atom. The lowest BCUT2D eigenvalue weighted by atomic mass is 10.0. The van der Waals surface area contributed by atoms with Crippen molar-refractivity contribution in [2.45, 2.75) is 18.0 Å². The molecule has 0 amide bonds. The first-order chi connectivity index (χ1) is 8.08. The van der Waals surface area contributed by atoms with Crippen molar-refractivity contribution in [3.8, 4) is 0 Å². The van der Waals surface area contributed by atoms with Crippen LogP contribution in [-0.4, -0.2) is 37.2 Å². The van der Waals surface area contributed by atoms with Gasteiger partial charge >= 0.3 is 0 Å². The van der Waals surface area contributed by atoms with Crippen LogP contribution in [0.2, 0.25) is 0 Å². The third kappa shape index (κ3) is 3.19. The van der Waals surface area contributed by atoms with Gasteiger partial charge in [0.05, 0.1) is 18.1 Å². The maximum Gasteiger partial charge on any atom is 0.247 e. The molecule has 94 valence electrons. The summed E-state index contributed by atoms with van der Waals surface area (Å²) < 4.78 is 36.5. The molecular weight excluding hydrogens is 245 g/mol. The van der Waals surface area contributed by atoms with E-state index in [9.17, 15) is 12.8 Å². The molecule has 0 atom stereocenters. The minimum absolute atomic E-state index is 0.0420. The van der Waals surface area contributed by atoms with Crippen LogP contribution in [0.1, 0.15) is 12.8 Å². The van der Waals surface area contributed by atoms with Crippen LogP contribution < -0.4 is 5.32 Å². The van der Waals surface area contributed by atoms with Crippen molar-refractivity contribution in [1.82, 2.24) is 15.3 Å². The van der Waals surface area contributed by atoms with Gasteiger partial charge in [-0.25, -0.2) is 22.8 Å². The monoisotopic (exact) mass is 259 g/mol. The highest BCUT2D eigenvalue weighted by Gasteiger charge is 2.24. The molecule has 0 bridgehead atoms. The van der Waals surface area contributed by atoms with E-state index in [1.54, 1.807) is 0 Å². The van der Waals surface area contributed by atoms with Crippen LogP contribution in [0, 0.1) is 11.7 Å². The molecule has 2 heterocycles. The number of sulfone groups is 1. The standard InChI is InChI=1S/C10H14FN3O2S/c11-9-5-13-10(14-6-9)17(15,16)7-8-1-3-12-4-2-8/h5-6,8,12H,1-4,7H2. The van der Waals surface area contributed by atoms with Crippen molar-refractivity contribution < 1.29 is 12.8 Å². The zero-order valence-corrected chi connectivity index (χ0v) is 10.1. The van der Waals surface area contributed by atoms with Crippen LogP contribution >= 0.6 is 0 Å². The first kappa shape index (κ1) is 12.4. The third-order valence-electron chi connectivity index (χ3n) is 2.79. The quantitative estimate of drug-likeness (QED) is 0.795. The number of aromatic nitrogens is 2. The van der Waals surface area contributed by atoms with Gasteiger partial charge in [0.25, 0.3) is 0 Å². The first-order valence-corrected chi connectivity index (χ1v) is 7.14. The molecular formula is C10H14FN3O2S. The average Bonchev–Trinajstić information content (AvgIpc) is 2.30. The minimum Gasteiger partial charge on any atom is -0.317 e. The van der Waals surface area contributed by atoms with Gasteiger partial charge in [0.1, 0.15) is 0 Å². The molecule has 1 aromatic rings. The van der Waals surface area contributed by atoms with Crippen molar-refractivity contribution >= 4 is 9.84 Å².